The van der Waals surface area contributed by atoms with E-state index in [0.29, 0.717) is 6.42 Å². The van der Waals surface area contributed by atoms with Crippen molar-refractivity contribution in [1.82, 2.24) is 0 Å². The molecule has 0 aliphatic carbocycles. The minimum Gasteiger partial charge on any atom is -0.412 e. The highest BCUT2D eigenvalue weighted by Crippen LogP contribution is 2.20. The average Bonchev–Trinajstić information content (AvgIpc) is 1.81. The van der Waals surface area contributed by atoms with E-state index in [1.165, 1.54) is 0 Å². The largest absolute Gasteiger partial charge is 0.412 e. The van der Waals surface area contributed by atoms with E-state index in [2.05, 4.69) is 0 Å². The molecule has 3 atom stereocenters. The molecule has 1 saturated heterocycles. The summed E-state index contributed by atoms with van der Waals surface area (Å²) < 4.78 is 10.9. The Morgan fingerprint density at radius 1 is 1.38 bits per heavy atom. The number of ether oxygens (including phenoxy) is 2. The third kappa shape index (κ3) is 4.57. The van der Waals surface area contributed by atoms with Gasteiger partial charge in [0.1, 0.15) is 0 Å². The Labute approximate surface area is 79.2 Å². The van der Waals surface area contributed by atoms with Gasteiger partial charge in [-0.05, 0) is 27.2 Å². The van der Waals surface area contributed by atoms with Crippen LogP contribution in [0.2, 0.25) is 0 Å². The van der Waals surface area contributed by atoms with Gasteiger partial charge >= 0.3 is 0 Å². The summed E-state index contributed by atoms with van der Waals surface area (Å²) in [5.74, 6) is 0. The lowest BCUT2D eigenvalue weighted by Crippen LogP contribution is -2.36. The number of rotatable bonds is 2. The molecule has 0 amide bonds. The first-order valence-corrected chi connectivity index (χ1v) is 4.57. The minimum absolute atomic E-state index is 0. The van der Waals surface area contributed by atoms with E-state index < -0.39 is 0 Å². The molecule has 1 aliphatic heterocycles. The van der Waals surface area contributed by atoms with Gasteiger partial charge in [-0.2, -0.15) is 0 Å². The smallest absolute Gasteiger partial charge is 0.160 e. The predicted octanol–water partition coefficient (Wildman–Crippen LogP) is 0.473. The second-order valence-electron chi connectivity index (χ2n) is 3.69. The number of hydrogen-bond donors (Lipinski definition) is 1. The molecule has 1 heterocycles. The van der Waals surface area contributed by atoms with Gasteiger partial charge in [-0.25, -0.2) is 0 Å². The standard InChI is InChI=1S/C9H18O3.H2O/c1-6(2)11-9-5-8(10)4-7(3)12-9;/h6-10H,4-5H2,1-3H3;1H2. The molecule has 3 N–H and O–H groups in total. The molecule has 80 valence electrons. The number of aliphatic hydroxyl groups excluding tert-OH is 1. The van der Waals surface area contributed by atoms with Crippen molar-refractivity contribution in [3.05, 3.63) is 0 Å². The van der Waals surface area contributed by atoms with Crippen molar-refractivity contribution in [2.24, 2.45) is 0 Å². The molecule has 1 aliphatic rings. The molecule has 3 unspecified atom stereocenters. The Bertz CT molecular complexity index is 125. The van der Waals surface area contributed by atoms with Crippen LogP contribution >= 0.6 is 0 Å². The lowest BCUT2D eigenvalue weighted by Gasteiger charge is -2.32. The molecule has 13 heavy (non-hydrogen) atoms. The molecule has 0 radical (unpaired) electrons. The van der Waals surface area contributed by atoms with Gasteiger partial charge in [0, 0.05) is 6.42 Å². The van der Waals surface area contributed by atoms with Crippen LogP contribution < -0.4 is 0 Å². The van der Waals surface area contributed by atoms with Crippen LogP contribution in [-0.2, 0) is 9.47 Å². The van der Waals surface area contributed by atoms with Crippen molar-refractivity contribution < 1.29 is 20.1 Å². The summed E-state index contributed by atoms with van der Waals surface area (Å²) in [6.45, 7) is 5.89. The van der Waals surface area contributed by atoms with Crippen LogP contribution in [0.4, 0.5) is 0 Å². The van der Waals surface area contributed by atoms with Crippen molar-refractivity contribution in [2.45, 2.75) is 58.2 Å². The summed E-state index contributed by atoms with van der Waals surface area (Å²) >= 11 is 0. The number of aliphatic hydroxyl groups is 1. The van der Waals surface area contributed by atoms with E-state index in [1.54, 1.807) is 0 Å². The maximum Gasteiger partial charge on any atom is 0.160 e. The van der Waals surface area contributed by atoms with Crippen molar-refractivity contribution in [2.75, 3.05) is 0 Å². The highest BCUT2D eigenvalue weighted by molar-refractivity contribution is 4.70. The van der Waals surface area contributed by atoms with Crippen molar-refractivity contribution in [1.29, 1.82) is 0 Å². The zero-order chi connectivity index (χ0) is 9.14. The van der Waals surface area contributed by atoms with Gasteiger partial charge in [0.2, 0.25) is 0 Å². The van der Waals surface area contributed by atoms with E-state index >= 15 is 0 Å². The van der Waals surface area contributed by atoms with Gasteiger partial charge in [-0.3, -0.25) is 0 Å². The van der Waals surface area contributed by atoms with E-state index in [0.717, 1.165) is 6.42 Å². The van der Waals surface area contributed by atoms with Gasteiger partial charge in [0.15, 0.2) is 6.29 Å². The van der Waals surface area contributed by atoms with E-state index in [1.807, 2.05) is 20.8 Å². The maximum atomic E-state index is 9.40. The summed E-state index contributed by atoms with van der Waals surface area (Å²) in [4.78, 5) is 0. The first kappa shape index (κ1) is 12.8. The molecule has 1 rings (SSSR count). The molecule has 4 nitrogen and oxygen atoms in total. The first-order valence-electron chi connectivity index (χ1n) is 4.57. The Hall–Kier alpha value is -0.160. The van der Waals surface area contributed by atoms with Crippen LogP contribution in [0.25, 0.3) is 0 Å². The second kappa shape index (κ2) is 5.54. The summed E-state index contributed by atoms with van der Waals surface area (Å²) in [5, 5.41) is 9.40. The summed E-state index contributed by atoms with van der Waals surface area (Å²) in [5.41, 5.74) is 0. The topological polar surface area (TPSA) is 70.2 Å². The fraction of sp³-hybridized carbons (Fsp3) is 1.00. The molecular formula is C9H20O4. The van der Waals surface area contributed by atoms with Crippen LogP contribution in [0, 0.1) is 0 Å². The van der Waals surface area contributed by atoms with Gasteiger partial charge in [0.05, 0.1) is 18.3 Å². The lowest BCUT2D eigenvalue weighted by atomic mass is 10.1. The normalized spacial score (nSPS) is 34.4. The van der Waals surface area contributed by atoms with Crippen molar-refractivity contribution >= 4 is 0 Å². The zero-order valence-corrected chi connectivity index (χ0v) is 8.49. The van der Waals surface area contributed by atoms with Crippen LogP contribution in [0.1, 0.15) is 33.6 Å². The van der Waals surface area contributed by atoms with Crippen LogP contribution in [-0.4, -0.2) is 35.2 Å². The van der Waals surface area contributed by atoms with Gasteiger partial charge in [-0.15, -0.1) is 0 Å². The fourth-order valence-electron chi connectivity index (χ4n) is 1.46. The fourth-order valence-corrected chi connectivity index (χ4v) is 1.46. The molecule has 0 bridgehead atoms. The molecular weight excluding hydrogens is 172 g/mol. The molecule has 1 fully saturated rings. The van der Waals surface area contributed by atoms with Crippen LogP contribution in [0.5, 0.6) is 0 Å². The summed E-state index contributed by atoms with van der Waals surface area (Å²) in [6, 6.07) is 0. The minimum atomic E-state index is -0.266. The summed E-state index contributed by atoms with van der Waals surface area (Å²) in [6.07, 6.45) is 1.10. The van der Waals surface area contributed by atoms with Crippen molar-refractivity contribution in [3.63, 3.8) is 0 Å². The highest BCUT2D eigenvalue weighted by Gasteiger charge is 2.26. The highest BCUT2D eigenvalue weighted by atomic mass is 16.7. The van der Waals surface area contributed by atoms with Gasteiger partial charge in [0.25, 0.3) is 0 Å². The SMILES string of the molecule is CC(C)OC1CC(O)CC(C)O1.O. The monoisotopic (exact) mass is 192 g/mol. The van der Waals surface area contributed by atoms with E-state index in [9.17, 15) is 5.11 Å². The quantitative estimate of drug-likeness (QED) is 0.691. The third-order valence-electron chi connectivity index (χ3n) is 1.88. The molecule has 0 aromatic heterocycles. The second-order valence-corrected chi connectivity index (χ2v) is 3.69. The maximum absolute atomic E-state index is 9.40. The van der Waals surface area contributed by atoms with E-state index in [4.69, 9.17) is 9.47 Å². The lowest BCUT2D eigenvalue weighted by molar-refractivity contribution is -0.224. The molecule has 0 aromatic carbocycles. The third-order valence-corrected chi connectivity index (χ3v) is 1.88. The summed E-state index contributed by atoms with van der Waals surface area (Å²) in [7, 11) is 0. The zero-order valence-electron chi connectivity index (χ0n) is 8.49. The molecule has 0 aromatic rings. The predicted molar refractivity (Wildman–Crippen MR) is 49.4 cm³/mol. The molecule has 4 heteroatoms. The van der Waals surface area contributed by atoms with E-state index in [-0.39, 0.29) is 30.1 Å². The number of hydrogen-bond acceptors (Lipinski definition) is 3. The first-order chi connectivity index (χ1) is 5.58. The van der Waals surface area contributed by atoms with Gasteiger partial charge < -0.3 is 20.1 Å². The Morgan fingerprint density at radius 3 is 2.46 bits per heavy atom. The molecule has 0 saturated carbocycles. The Kier molecular flexibility index (Phi) is 5.48. The molecule has 0 spiro atoms. The Morgan fingerprint density at radius 2 is 2.00 bits per heavy atom. The van der Waals surface area contributed by atoms with Crippen molar-refractivity contribution in [3.8, 4) is 0 Å². The average molecular weight is 192 g/mol. The Balaban J connectivity index is 0.00000144. The van der Waals surface area contributed by atoms with Crippen LogP contribution in [0.3, 0.4) is 0 Å². The van der Waals surface area contributed by atoms with Crippen LogP contribution in [0.15, 0.2) is 0 Å². The van der Waals surface area contributed by atoms with Gasteiger partial charge in [-0.1, -0.05) is 0 Å².